The van der Waals surface area contributed by atoms with Crippen LogP contribution in [0.1, 0.15) is 45.1 Å². The third kappa shape index (κ3) is 4.05. The van der Waals surface area contributed by atoms with Gasteiger partial charge in [0, 0.05) is 19.1 Å². The number of sulfonamides is 1. The van der Waals surface area contributed by atoms with E-state index in [1.165, 1.54) is 0 Å². The second-order valence-electron chi connectivity index (χ2n) is 5.63. The molecule has 4 nitrogen and oxygen atoms in total. The topological polar surface area (TPSA) is 49.4 Å². The Balaban J connectivity index is 2.25. The van der Waals surface area contributed by atoms with E-state index in [4.69, 9.17) is 0 Å². The Morgan fingerprint density at radius 2 is 1.90 bits per heavy atom. The molecule has 0 radical (unpaired) electrons. The standard InChI is InChI=1S/C16H26N2O2S/c1-3-11-17-13-14-7-5-6-8-16(14)21(19,20)18(12-4-2)15-9-10-15/h5-8,15,17H,3-4,9-13H2,1-2H3. The molecule has 2 rings (SSSR count). The van der Waals surface area contributed by atoms with E-state index in [1.807, 2.05) is 25.1 Å². The molecule has 0 spiro atoms. The van der Waals surface area contributed by atoms with Gasteiger partial charge in [0.05, 0.1) is 4.90 Å². The van der Waals surface area contributed by atoms with Crippen LogP contribution in [0.5, 0.6) is 0 Å². The van der Waals surface area contributed by atoms with Gasteiger partial charge in [-0.15, -0.1) is 0 Å². The molecular weight excluding hydrogens is 284 g/mol. The summed E-state index contributed by atoms with van der Waals surface area (Å²) in [4.78, 5) is 0.467. The molecule has 1 N–H and O–H groups in total. The quantitative estimate of drug-likeness (QED) is 0.714. The molecule has 0 aliphatic heterocycles. The Morgan fingerprint density at radius 1 is 1.19 bits per heavy atom. The van der Waals surface area contributed by atoms with Gasteiger partial charge in [0.15, 0.2) is 0 Å². The molecule has 0 amide bonds. The molecule has 1 aliphatic rings. The van der Waals surface area contributed by atoms with Crippen molar-refractivity contribution in [1.29, 1.82) is 0 Å². The Labute approximate surface area is 128 Å². The second-order valence-corrected chi connectivity index (χ2v) is 7.49. The molecular formula is C16H26N2O2S. The van der Waals surface area contributed by atoms with Crippen LogP contribution in [0.15, 0.2) is 29.2 Å². The lowest BCUT2D eigenvalue weighted by atomic mass is 10.2. The van der Waals surface area contributed by atoms with Crippen LogP contribution in [0.3, 0.4) is 0 Å². The van der Waals surface area contributed by atoms with Crippen molar-refractivity contribution >= 4 is 10.0 Å². The number of hydrogen-bond acceptors (Lipinski definition) is 3. The number of rotatable bonds is 9. The van der Waals surface area contributed by atoms with E-state index < -0.39 is 10.0 Å². The van der Waals surface area contributed by atoms with E-state index in [-0.39, 0.29) is 6.04 Å². The van der Waals surface area contributed by atoms with Gasteiger partial charge in [-0.05, 0) is 43.9 Å². The molecule has 1 fully saturated rings. The SMILES string of the molecule is CCCNCc1ccccc1S(=O)(=O)N(CCC)C1CC1. The Morgan fingerprint density at radius 3 is 2.52 bits per heavy atom. The Hall–Kier alpha value is -0.910. The van der Waals surface area contributed by atoms with E-state index in [1.54, 1.807) is 10.4 Å². The summed E-state index contributed by atoms with van der Waals surface area (Å²) in [7, 11) is -3.37. The molecule has 0 saturated heterocycles. The van der Waals surface area contributed by atoms with Crippen LogP contribution in [-0.2, 0) is 16.6 Å². The summed E-state index contributed by atoms with van der Waals surface area (Å²) in [6.45, 7) is 6.25. The summed E-state index contributed by atoms with van der Waals surface area (Å²) in [5.74, 6) is 0. The molecule has 5 heteroatoms. The first-order chi connectivity index (χ1) is 10.1. The molecule has 0 aromatic heterocycles. The molecule has 1 aromatic rings. The van der Waals surface area contributed by atoms with Gasteiger partial charge in [0.1, 0.15) is 0 Å². The number of hydrogen-bond donors (Lipinski definition) is 1. The Kier molecular flexibility index (Phi) is 5.79. The summed E-state index contributed by atoms with van der Waals surface area (Å²) >= 11 is 0. The highest BCUT2D eigenvalue weighted by Crippen LogP contribution is 2.33. The summed E-state index contributed by atoms with van der Waals surface area (Å²) in [5.41, 5.74) is 0.868. The highest BCUT2D eigenvalue weighted by atomic mass is 32.2. The second kappa shape index (κ2) is 7.38. The van der Waals surface area contributed by atoms with Crippen LogP contribution in [-0.4, -0.2) is 31.9 Å². The average Bonchev–Trinajstić information content (AvgIpc) is 3.30. The van der Waals surface area contributed by atoms with Crippen molar-refractivity contribution in [2.45, 2.75) is 57.0 Å². The molecule has 0 heterocycles. The van der Waals surface area contributed by atoms with Crippen molar-refractivity contribution in [2.75, 3.05) is 13.1 Å². The number of nitrogens with one attached hydrogen (secondary N) is 1. The smallest absolute Gasteiger partial charge is 0.243 e. The monoisotopic (exact) mass is 310 g/mol. The molecule has 118 valence electrons. The fourth-order valence-corrected chi connectivity index (χ4v) is 4.51. The van der Waals surface area contributed by atoms with E-state index in [0.717, 1.165) is 37.8 Å². The van der Waals surface area contributed by atoms with Gasteiger partial charge in [-0.1, -0.05) is 32.0 Å². The molecule has 1 aliphatic carbocycles. The maximum atomic E-state index is 13.0. The predicted molar refractivity (Wildman–Crippen MR) is 85.6 cm³/mol. The van der Waals surface area contributed by atoms with Gasteiger partial charge in [-0.25, -0.2) is 8.42 Å². The fraction of sp³-hybridized carbons (Fsp3) is 0.625. The van der Waals surface area contributed by atoms with E-state index in [9.17, 15) is 8.42 Å². The summed E-state index contributed by atoms with van der Waals surface area (Å²) in [6, 6.07) is 7.58. The van der Waals surface area contributed by atoms with Gasteiger partial charge in [-0.3, -0.25) is 0 Å². The summed E-state index contributed by atoms with van der Waals surface area (Å²) in [6.07, 6.45) is 3.88. The zero-order chi connectivity index (χ0) is 15.3. The van der Waals surface area contributed by atoms with Crippen molar-refractivity contribution in [3.8, 4) is 0 Å². The Bertz CT molecular complexity index is 553. The highest BCUT2D eigenvalue weighted by Gasteiger charge is 2.38. The van der Waals surface area contributed by atoms with Gasteiger partial charge in [0.2, 0.25) is 10.0 Å². The molecule has 0 atom stereocenters. The first-order valence-corrected chi connectivity index (χ1v) is 9.35. The minimum Gasteiger partial charge on any atom is -0.313 e. The van der Waals surface area contributed by atoms with Crippen LogP contribution in [0.2, 0.25) is 0 Å². The van der Waals surface area contributed by atoms with Crippen molar-refractivity contribution < 1.29 is 8.42 Å². The lowest BCUT2D eigenvalue weighted by Gasteiger charge is -2.23. The van der Waals surface area contributed by atoms with Crippen LogP contribution in [0.4, 0.5) is 0 Å². The van der Waals surface area contributed by atoms with Gasteiger partial charge in [0.25, 0.3) is 0 Å². The first-order valence-electron chi connectivity index (χ1n) is 7.91. The maximum absolute atomic E-state index is 13.0. The number of benzene rings is 1. The third-order valence-electron chi connectivity index (χ3n) is 3.70. The van der Waals surface area contributed by atoms with Gasteiger partial charge < -0.3 is 5.32 Å². The van der Waals surface area contributed by atoms with E-state index >= 15 is 0 Å². The first kappa shape index (κ1) is 16.5. The van der Waals surface area contributed by atoms with E-state index in [2.05, 4.69) is 12.2 Å². The summed E-state index contributed by atoms with van der Waals surface area (Å²) < 4.78 is 27.6. The van der Waals surface area contributed by atoms with Gasteiger partial charge in [-0.2, -0.15) is 4.31 Å². The van der Waals surface area contributed by atoms with Crippen molar-refractivity contribution in [1.82, 2.24) is 9.62 Å². The lowest BCUT2D eigenvalue weighted by Crippen LogP contribution is -2.34. The molecule has 0 unspecified atom stereocenters. The normalized spacial score (nSPS) is 15.6. The fourth-order valence-electron chi connectivity index (χ4n) is 2.51. The van der Waals surface area contributed by atoms with Crippen LogP contribution >= 0.6 is 0 Å². The van der Waals surface area contributed by atoms with Gasteiger partial charge >= 0.3 is 0 Å². The average molecular weight is 310 g/mol. The lowest BCUT2D eigenvalue weighted by molar-refractivity contribution is 0.402. The zero-order valence-electron chi connectivity index (χ0n) is 13.0. The van der Waals surface area contributed by atoms with Crippen molar-refractivity contribution in [3.63, 3.8) is 0 Å². The van der Waals surface area contributed by atoms with E-state index in [0.29, 0.717) is 18.0 Å². The van der Waals surface area contributed by atoms with Crippen LogP contribution < -0.4 is 5.32 Å². The largest absolute Gasteiger partial charge is 0.313 e. The third-order valence-corrected chi connectivity index (χ3v) is 5.75. The molecule has 1 saturated carbocycles. The van der Waals surface area contributed by atoms with Crippen LogP contribution in [0, 0.1) is 0 Å². The molecule has 21 heavy (non-hydrogen) atoms. The minimum absolute atomic E-state index is 0.214. The van der Waals surface area contributed by atoms with Crippen molar-refractivity contribution in [3.05, 3.63) is 29.8 Å². The highest BCUT2D eigenvalue weighted by molar-refractivity contribution is 7.89. The number of nitrogens with zero attached hydrogens (tertiary/aromatic N) is 1. The minimum atomic E-state index is -3.37. The predicted octanol–water partition coefficient (Wildman–Crippen LogP) is 2.75. The van der Waals surface area contributed by atoms with Crippen molar-refractivity contribution in [2.24, 2.45) is 0 Å². The zero-order valence-corrected chi connectivity index (χ0v) is 13.8. The molecule has 1 aromatic carbocycles. The maximum Gasteiger partial charge on any atom is 0.243 e. The molecule has 0 bridgehead atoms. The van der Waals surface area contributed by atoms with Crippen LogP contribution in [0.25, 0.3) is 0 Å². The summed E-state index contributed by atoms with van der Waals surface area (Å²) in [5, 5.41) is 3.30.